The Morgan fingerprint density at radius 1 is 1.00 bits per heavy atom. The smallest absolute Gasteiger partial charge is 0.343 e. The molecule has 0 amide bonds. The van der Waals surface area contributed by atoms with E-state index >= 15 is 0 Å². The Bertz CT molecular complexity index is 562. The summed E-state index contributed by atoms with van der Waals surface area (Å²) in [7, 11) is 0. The zero-order chi connectivity index (χ0) is 13.1. The zero-order valence-corrected chi connectivity index (χ0v) is 11.1. The van der Waals surface area contributed by atoms with Crippen molar-refractivity contribution in [3.8, 4) is 5.75 Å². The van der Waals surface area contributed by atoms with E-state index in [9.17, 15) is 13.6 Å². The van der Waals surface area contributed by atoms with E-state index in [-0.39, 0.29) is 5.56 Å². The fourth-order valence-electron chi connectivity index (χ4n) is 1.34. The number of ether oxygens (including phenoxy) is 1. The topological polar surface area (TPSA) is 26.3 Å². The second-order valence-electron chi connectivity index (χ2n) is 3.50. The monoisotopic (exact) mass is 360 g/mol. The second kappa shape index (κ2) is 5.43. The first-order valence-electron chi connectivity index (χ1n) is 4.98. The van der Waals surface area contributed by atoms with Crippen molar-refractivity contribution in [3.05, 3.63) is 63.2 Å². The lowest BCUT2D eigenvalue weighted by Crippen LogP contribution is -2.09. The van der Waals surface area contributed by atoms with Gasteiger partial charge in [-0.2, -0.15) is 0 Å². The molecule has 0 saturated heterocycles. The molecule has 0 atom stereocenters. The molecule has 0 N–H and O–H groups in total. The summed E-state index contributed by atoms with van der Waals surface area (Å²) in [6, 6.07) is 9.28. The van der Waals surface area contributed by atoms with Crippen molar-refractivity contribution in [2.24, 2.45) is 0 Å². The Labute approximate surface area is 116 Å². The molecule has 92 valence electrons. The molecule has 2 rings (SSSR count). The van der Waals surface area contributed by atoms with Gasteiger partial charge in [-0.1, -0.05) is 0 Å². The first-order chi connectivity index (χ1) is 8.54. The van der Waals surface area contributed by atoms with Gasteiger partial charge in [0.25, 0.3) is 0 Å². The van der Waals surface area contributed by atoms with E-state index in [1.54, 1.807) is 24.3 Å². The van der Waals surface area contributed by atoms with Gasteiger partial charge < -0.3 is 4.74 Å². The van der Waals surface area contributed by atoms with Crippen LogP contribution in [-0.4, -0.2) is 5.97 Å². The highest BCUT2D eigenvalue weighted by molar-refractivity contribution is 14.1. The van der Waals surface area contributed by atoms with E-state index in [1.807, 2.05) is 0 Å². The maximum Gasteiger partial charge on any atom is 0.343 e. The van der Waals surface area contributed by atoms with Crippen LogP contribution in [0.2, 0.25) is 0 Å². The van der Waals surface area contributed by atoms with Gasteiger partial charge in [-0.3, -0.25) is 0 Å². The minimum absolute atomic E-state index is 0.161. The Balaban J connectivity index is 2.19. The van der Waals surface area contributed by atoms with Crippen molar-refractivity contribution in [3.63, 3.8) is 0 Å². The van der Waals surface area contributed by atoms with Crippen molar-refractivity contribution in [1.29, 1.82) is 0 Å². The number of halogens is 3. The molecule has 0 radical (unpaired) electrons. The van der Waals surface area contributed by atoms with E-state index in [4.69, 9.17) is 4.74 Å². The molecule has 0 aromatic heterocycles. The maximum atomic E-state index is 12.9. The largest absolute Gasteiger partial charge is 0.423 e. The molecule has 0 spiro atoms. The lowest BCUT2D eigenvalue weighted by molar-refractivity contribution is 0.0733. The number of esters is 1. The molecule has 2 aromatic rings. The zero-order valence-electron chi connectivity index (χ0n) is 8.99. The Hall–Kier alpha value is -1.50. The first kappa shape index (κ1) is 12.9. The molecular weight excluding hydrogens is 353 g/mol. The highest BCUT2D eigenvalue weighted by Gasteiger charge is 2.11. The molecule has 0 bridgehead atoms. The van der Waals surface area contributed by atoms with Gasteiger partial charge in [-0.05, 0) is 59.0 Å². The third-order valence-electron chi connectivity index (χ3n) is 2.12. The molecule has 0 aliphatic rings. The lowest BCUT2D eigenvalue weighted by Gasteiger charge is -2.04. The van der Waals surface area contributed by atoms with Crippen LogP contribution in [0.3, 0.4) is 0 Å². The number of carbonyl (C=O) groups excluding carboxylic acids is 1. The van der Waals surface area contributed by atoms with E-state index in [0.717, 1.165) is 15.7 Å². The van der Waals surface area contributed by atoms with Gasteiger partial charge in [0.15, 0.2) is 0 Å². The molecule has 0 aliphatic heterocycles. The lowest BCUT2D eigenvalue weighted by atomic mass is 10.2. The van der Waals surface area contributed by atoms with Gasteiger partial charge in [-0.15, -0.1) is 0 Å². The maximum absolute atomic E-state index is 12.9. The van der Waals surface area contributed by atoms with Gasteiger partial charge in [0.05, 0.1) is 5.56 Å². The molecule has 2 aromatic carbocycles. The van der Waals surface area contributed by atoms with E-state index < -0.39 is 17.6 Å². The summed E-state index contributed by atoms with van der Waals surface area (Å²) in [5.74, 6) is -2.10. The van der Waals surface area contributed by atoms with Crippen molar-refractivity contribution < 1.29 is 18.3 Å². The van der Waals surface area contributed by atoms with E-state index in [2.05, 4.69) is 22.6 Å². The highest BCUT2D eigenvalue weighted by Crippen LogP contribution is 2.16. The molecule has 18 heavy (non-hydrogen) atoms. The van der Waals surface area contributed by atoms with Crippen LogP contribution in [0, 0.1) is 15.2 Å². The minimum atomic E-state index is -0.815. The normalized spacial score (nSPS) is 10.2. The SMILES string of the molecule is O=C(Oc1ccc(I)cc1)c1cc(F)cc(F)c1. The average Bonchev–Trinajstić information content (AvgIpc) is 2.31. The molecular formula is C13H7F2IO2. The quantitative estimate of drug-likeness (QED) is 0.463. The molecule has 0 saturated carbocycles. The standard InChI is InChI=1S/C13H7F2IO2/c14-9-5-8(6-10(15)7-9)13(17)18-12-3-1-11(16)2-4-12/h1-7H. The van der Waals surface area contributed by atoms with E-state index in [1.165, 1.54) is 0 Å². The van der Waals surface area contributed by atoms with Gasteiger partial charge >= 0.3 is 5.97 Å². The van der Waals surface area contributed by atoms with Crippen LogP contribution in [0.1, 0.15) is 10.4 Å². The summed E-state index contributed by atoms with van der Waals surface area (Å²) in [4.78, 5) is 11.6. The summed E-state index contributed by atoms with van der Waals surface area (Å²) in [5.41, 5.74) is -0.161. The van der Waals surface area contributed by atoms with Crippen molar-refractivity contribution in [2.75, 3.05) is 0 Å². The van der Waals surface area contributed by atoms with Crippen LogP contribution in [0.25, 0.3) is 0 Å². The predicted octanol–water partition coefficient (Wildman–Crippen LogP) is 3.79. The number of hydrogen-bond acceptors (Lipinski definition) is 2. The van der Waals surface area contributed by atoms with Gasteiger partial charge in [0, 0.05) is 9.64 Å². The third kappa shape index (κ3) is 3.25. The Morgan fingerprint density at radius 2 is 1.56 bits per heavy atom. The minimum Gasteiger partial charge on any atom is -0.423 e. The summed E-state index contributed by atoms with van der Waals surface area (Å²) < 4.78 is 31.8. The van der Waals surface area contributed by atoms with Crippen LogP contribution < -0.4 is 4.74 Å². The second-order valence-corrected chi connectivity index (χ2v) is 4.75. The Kier molecular flexibility index (Phi) is 3.90. The number of carbonyl (C=O) groups is 1. The van der Waals surface area contributed by atoms with Crippen LogP contribution in [0.5, 0.6) is 5.75 Å². The molecule has 5 heteroatoms. The molecule has 2 nitrogen and oxygen atoms in total. The van der Waals surface area contributed by atoms with Gasteiger partial charge in [0.1, 0.15) is 17.4 Å². The first-order valence-corrected chi connectivity index (χ1v) is 6.06. The molecule has 0 fully saturated rings. The highest BCUT2D eigenvalue weighted by atomic mass is 127. The summed E-state index contributed by atoms with van der Waals surface area (Å²) in [5, 5.41) is 0. The number of benzene rings is 2. The fraction of sp³-hybridized carbons (Fsp3) is 0. The number of rotatable bonds is 2. The molecule has 0 aliphatic carbocycles. The summed E-state index contributed by atoms with van der Waals surface area (Å²) in [6.07, 6.45) is 0. The van der Waals surface area contributed by atoms with Crippen molar-refractivity contribution >= 4 is 28.6 Å². The molecule has 0 heterocycles. The van der Waals surface area contributed by atoms with Crippen LogP contribution in [0.4, 0.5) is 8.78 Å². The van der Waals surface area contributed by atoms with Crippen LogP contribution >= 0.6 is 22.6 Å². The van der Waals surface area contributed by atoms with Crippen LogP contribution in [0.15, 0.2) is 42.5 Å². The Morgan fingerprint density at radius 3 is 2.11 bits per heavy atom. The third-order valence-corrected chi connectivity index (χ3v) is 2.84. The molecule has 0 unspecified atom stereocenters. The van der Waals surface area contributed by atoms with E-state index in [0.29, 0.717) is 11.8 Å². The van der Waals surface area contributed by atoms with Gasteiger partial charge in [0.2, 0.25) is 0 Å². The van der Waals surface area contributed by atoms with Crippen molar-refractivity contribution in [2.45, 2.75) is 0 Å². The van der Waals surface area contributed by atoms with Crippen molar-refractivity contribution in [1.82, 2.24) is 0 Å². The fourth-order valence-corrected chi connectivity index (χ4v) is 1.70. The van der Waals surface area contributed by atoms with Crippen LogP contribution in [-0.2, 0) is 0 Å². The van der Waals surface area contributed by atoms with Gasteiger partial charge in [-0.25, -0.2) is 13.6 Å². The number of hydrogen-bond donors (Lipinski definition) is 0. The predicted molar refractivity (Wildman–Crippen MR) is 70.5 cm³/mol. The summed E-state index contributed by atoms with van der Waals surface area (Å²) >= 11 is 2.11. The average molecular weight is 360 g/mol. The summed E-state index contributed by atoms with van der Waals surface area (Å²) in [6.45, 7) is 0.